The Balaban J connectivity index is 1.68. The lowest BCUT2D eigenvalue weighted by molar-refractivity contribution is 1.16. The van der Waals surface area contributed by atoms with E-state index >= 15 is 0 Å². The number of rotatable bonds is 5. The van der Waals surface area contributed by atoms with Crippen molar-refractivity contribution < 1.29 is 0 Å². The minimum Gasteiger partial charge on any atom is -0.305 e. The first kappa shape index (κ1) is 15.7. The lowest BCUT2D eigenvalue weighted by Crippen LogP contribution is -2.19. The minimum absolute atomic E-state index is 0.382. The summed E-state index contributed by atoms with van der Waals surface area (Å²) >= 11 is 0. The van der Waals surface area contributed by atoms with Gasteiger partial charge in [-0.15, -0.1) is 0 Å². The Morgan fingerprint density at radius 1 is 0.500 bits per heavy atom. The van der Waals surface area contributed by atoms with Gasteiger partial charge in [0.05, 0.1) is 22.1 Å². The molecule has 4 rings (SSSR count). The van der Waals surface area contributed by atoms with E-state index in [2.05, 4.69) is 41.6 Å². The maximum atomic E-state index is 5.56. The standard InChI is InChI=1S/C16H16N10/c17-23-13-15(21-11-7-3-1-5-9(11)19-13)25-26-16-14(24-18)20-10-6-2-4-8-12(10)22-16/h1-8H,17-18H2,(H,19,23)(H,20,24)(H,21,25)(H,22,26). The predicted molar refractivity (Wildman–Crippen MR) is 102 cm³/mol. The van der Waals surface area contributed by atoms with Gasteiger partial charge in [0.1, 0.15) is 0 Å². The smallest absolute Gasteiger partial charge is 0.189 e. The largest absolute Gasteiger partial charge is 0.305 e. The summed E-state index contributed by atoms with van der Waals surface area (Å²) in [6, 6.07) is 15.0. The van der Waals surface area contributed by atoms with E-state index in [4.69, 9.17) is 11.7 Å². The summed E-state index contributed by atoms with van der Waals surface area (Å²) in [6.45, 7) is 0. The normalized spacial score (nSPS) is 10.7. The van der Waals surface area contributed by atoms with E-state index in [1.165, 1.54) is 0 Å². The fourth-order valence-electron chi connectivity index (χ4n) is 2.49. The molecule has 4 aromatic rings. The summed E-state index contributed by atoms with van der Waals surface area (Å²) < 4.78 is 0. The molecule has 2 aromatic carbocycles. The second kappa shape index (κ2) is 6.63. The summed E-state index contributed by atoms with van der Waals surface area (Å²) in [6.07, 6.45) is 0. The number of nitrogens with two attached hydrogens (primary N) is 2. The Kier molecular flexibility index (Phi) is 4.01. The number of hydrogen-bond donors (Lipinski definition) is 6. The van der Waals surface area contributed by atoms with Crippen LogP contribution >= 0.6 is 0 Å². The second-order valence-electron chi connectivity index (χ2n) is 5.36. The van der Waals surface area contributed by atoms with Gasteiger partial charge in [-0.1, -0.05) is 24.3 Å². The van der Waals surface area contributed by atoms with Gasteiger partial charge in [-0.3, -0.25) is 10.9 Å². The molecule has 0 spiro atoms. The van der Waals surface area contributed by atoms with Crippen LogP contribution in [-0.4, -0.2) is 19.9 Å². The molecule has 0 radical (unpaired) electrons. The van der Waals surface area contributed by atoms with Crippen molar-refractivity contribution in [2.75, 3.05) is 21.7 Å². The van der Waals surface area contributed by atoms with Crippen molar-refractivity contribution in [3.63, 3.8) is 0 Å². The lowest BCUT2D eigenvalue weighted by Gasteiger charge is -2.14. The number of nitrogens with one attached hydrogen (secondary N) is 4. The van der Waals surface area contributed by atoms with E-state index < -0.39 is 0 Å². The van der Waals surface area contributed by atoms with Crippen LogP contribution in [0.5, 0.6) is 0 Å². The summed E-state index contributed by atoms with van der Waals surface area (Å²) in [4.78, 5) is 17.8. The molecule has 0 fully saturated rings. The molecule has 0 atom stereocenters. The monoisotopic (exact) mass is 348 g/mol. The fourth-order valence-corrected chi connectivity index (χ4v) is 2.49. The molecule has 2 aromatic heterocycles. The SMILES string of the molecule is NNc1nc2ccccc2nc1NNc1nc2ccccc2nc1NN. The van der Waals surface area contributed by atoms with E-state index in [-0.39, 0.29) is 0 Å². The number of benzene rings is 2. The number of anilines is 4. The maximum Gasteiger partial charge on any atom is 0.189 e. The van der Waals surface area contributed by atoms with Crippen LogP contribution in [0.4, 0.5) is 23.3 Å². The molecular formula is C16H16N10. The van der Waals surface area contributed by atoms with Gasteiger partial charge in [0.15, 0.2) is 23.3 Å². The van der Waals surface area contributed by atoms with Gasteiger partial charge >= 0.3 is 0 Å². The highest BCUT2D eigenvalue weighted by Gasteiger charge is 2.11. The van der Waals surface area contributed by atoms with E-state index in [9.17, 15) is 0 Å². The van der Waals surface area contributed by atoms with E-state index in [0.717, 1.165) is 22.1 Å². The maximum absolute atomic E-state index is 5.56. The van der Waals surface area contributed by atoms with E-state index in [1.807, 2.05) is 48.5 Å². The highest BCUT2D eigenvalue weighted by molar-refractivity contribution is 5.82. The Labute approximate surface area is 148 Å². The molecule has 0 aliphatic heterocycles. The first-order chi connectivity index (χ1) is 12.8. The van der Waals surface area contributed by atoms with Crippen molar-refractivity contribution in [3.8, 4) is 0 Å². The Morgan fingerprint density at radius 3 is 1.12 bits per heavy atom. The molecule has 10 heteroatoms. The molecule has 2 heterocycles. The fraction of sp³-hybridized carbons (Fsp3) is 0. The molecule has 0 amide bonds. The number of para-hydroxylation sites is 4. The Bertz CT molecular complexity index is 994. The van der Waals surface area contributed by atoms with E-state index in [0.29, 0.717) is 23.3 Å². The average molecular weight is 348 g/mol. The first-order valence-corrected chi connectivity index (χ1v) is 7.77. The molecule has 8 N–H and O–H groups in total. The summed E-state index contributed by atoms with van der Waals surface area (Å²) in [5.74, 6) is 12.7. The number of fused-ring (bicyclic) bond motifs is 2. The van der Waals surface area contributed by atoms with Gasteiger partial charge in [-0.2, -0.15) is 0 Å². The number of aromatic nitrogens is 4. The molecule has 0 aliphatic rings. The molecule has 10 nitrogen and oxygen atoms in total. The molecule has 0 saturated carbocycles. The van der Waals surface area contributed by atoms with Crippen LogP contribution in [-0.2, 0) is 0 Å². The summed E-state index contributed by atoms with van der Waals surface area (Å²) in [7, 11) is 0. The van der Waals surface area contributed by atoms with Gasteiger partial charge in [-0.05, 0) is 24.3 Å². The van der Waals surface area contributed by atoms with Crippen LogP contribution in [0.1, 0.15) is 0 Å². The third kappa shape index (κ3) is 2.85. The second-order valence-corrected chi connectivity index (χ2v) is 5.36. The average Bonchev–Trinajstić information content (AvgIpc) is 2.70. The summed E-state index contributed by atoms with van der Waals surface area (Å²) in [5, 5.41) is 0. The zero-order valence-corrected chi connectivity index (χ0v) is 13.6. The predicted octanol–water partition coefficient (Wildman–Crippen LogP) is 1.58. The molecule has 0 bridgehead atoms. The molecule has 0 unspecified atom stereocenters. The number of nitrogen functional groups attached to an aromatic ring is 2. The van der Waals surface area contributed by atoms with Crippen LogP contribution in [0.25, 0.3) is 22.1 Å². The van der Waals surface area contributed by atoms with Crippen molar-refractivity contribution in [2.24, 2.45) is 11.7 Å². The Hall–Kier alpha value is -3.76. The van der Waals surface area contributed by atoms with Crippen LogP contribution in [0.2, 0.25) is 0 Å². The zero-order chi connectivity index (χ0) is 17.9. The Morgan fingerprint density at radius 2 is 0.808 bits per heavy atom. The molecule has 26 heavy (non-hydrogen) atoms. The quantitative estimate of drug-likeness (QED) is 0.231. The topological polar surface area (TPSA) is 152 Å². The lowest BCUT2D eigenvalue weighted by atomic mass is 10.3. The number of hydrazine groups is 3. The minimum atomic E-state index is 0.382. The van der Waals surface area contributed by atoms with Crippen LogP contribution in [0.15, 0.2) is 48.5 Å². The van der Waals surface area contributed by atoms with Crippen LogP contribution in [0, 0.1) is 0 Å². The van der Waals surface area contributed by atoms with Crippen molar-refractivity contribution in [3.05, 3.63) is 48.5 Å². The van der Waals surface area contributed by atoms with E-state index in [1.54, 1.807) is 0 Å². The van der Waals surface area contributed by atoms with Gasteiger partial charge in [0.25, 0.3) is 0 Å². The highest BCUT2D eigenvalue weighted by atomic mass is 15.4. The van der Waals surface area contributed by atoms with Gasteiger partial charge in [0.2, 0.25) is 0 Å². The molecule has 0 aliphatic carbocycles. The van der Waals surface area contributed by atoms with Crippen molar-refractivity contribution >= 4 is 45.3 Å². The highest BCUT2D eigenvalue weighted by Crippen LogP contribution is 2.23. The van der Waals surface area contributed by atoms with Gasteiger partial charge in [0, 0.05) is 0 Å². The van der Waals surface area contributed by atoms with Gasteiger partial charge in [-0.25, -0.2) is 31.6 Å². The van der Waals surface area contributed by atoms with Crippen LogP contribution in [0.3, 0.4) is 0 Å². The van der Waals surface area contributed by atoms with Gasteiger partial charge < -0.3 is 10.9 Å². The zero-order valence-electron chi connectivity index (χ0n) is 13.6. The van der Waals surface area contributed by atoms with Crippen molar-refractivity contribution in [2.45, 2.75) is 0 Å². The molecule has 130 valence electrons. The number of nitrogens with zero attached hydrogens (tertiary/aromatic N) is 4. The summed E-state index contributed by atoms with van der Waals surface area (Å²) in [5.41, 5.74) is 13.8. The third-order valence-electron chi connectivity index (χ3n) is 3.71. The van der Waals surface area contributed by atoms with Crippen molar-refractivity contribution in [1.82, 2.24) is 19.9 Å². The third-order valence-corrected chi connectivity index (χ3v) is 3.71. The first-order valence-electron chi connectivity index (χ1n) is 7.77. The van der Waals surface area contributed by atoms with Crippen molar-refractivity contribution in [1.29, 1.82) is 0 Å². The number of hydrogen-bond acceptors (Lipinski definition) is 10. The molecular weight excluding hydrogens is 332 g/mol. The molecule has 0 saturated heterocycles. The van der Waals surface area contributed by atoms with Crippen LogP contribution < -0.4 is 33.4 Å².